The van der Waals surface area contributed by atoms with Crippen molar-refractivity contribution in [3.8, 4) is 45.6 Å². The minimum absolute atomic E-state index is 0.570. The summed E-state index contributed by atoms with van der Waals surface area (Å²) in [6, 6.07) is 48.9. The molecule has 48 heavy (non-hydrogen) atoms. The number of aromatic nitrogens is 4. The molecule has 0 saturated carbocycles. The molecule has 7 aromatic carbocycles. The van der Waals surface area contributed by atoms with Crippen molar-refractivity contribution in [3.63, 3.8) is 0 Å². The van der Waals surface area contributed by atoms with Gasteiger partial charge in [0, 0.05) is 38.4 Å². The topological polar surface area (TPSA) is 77.8 Å². The van der Waals surface area contributed by atoms with Gasteiger partial charge in [0.05, 0.1) is 0 Å². The summed E-state index contributed by atoms with van der Waals surface area (Å²) in [5.74, 6) is 2.45. The molecular formula is C42H24N4O2. The van der Waals surface area contributed by atoms with E-state index in [1.54, 1.807) is 0 Å². The average Bonchev–Trinajstić information content (AvgIpc) is 3.77. The number of nitrogens with zero attached hydrogens (tertiary/aromatic N) is 4. The summed E-state index contributed by atoms with van der Waals surface area (Å²) >= 11 is 0. The Balaban J connectivity index is 1.22. The van der Waals surface area contributed by atoms with Gasteiger partial charge in [-0.05, 0) is 46.5 Å². The van der Waals surface area contributed by atoms with E-state index < -0.39 is 0 Å². The molecule has 0 radical (unpaired) electrons. The van der Waals surface area contributed by atoms with Crippen LogP contribution in [0.4, 0.5) is 0 Å². The Morgan fingerprint density at radius 3 is 1.69 bits per heavy atom. The number of benzene rings is 7. The van der Waals surface area contributed by atoms with Crippen LogP contribution in [0.2, 0.25) is 0 Å². The fraction of sp³-hybridized carbons (Fsp3) is 0. The van der Waals surface area contributed by atoms with Crippen molar-refractivity contribution >= 4 is 54.6 Å². The standard InChI is InChI=1S/C42H24N4O2/c1-4-11-26(12-5-1)39-44-40(27-13-6-2-7-14-27)46-41(45-39)31-18-10-17-30-29(31)21-19-25-20-23-33-36(35(25)30)32-22-24-34-37(38(32)47-33)43-42(48-34)28-15-8-3-9-16-28/h1-24H. The highest BCUT2D eigenvalue weighted by Crippen LogP contribution is 2.42. The van der Waals surface area contributed by atoms with Crippen molar-refractivity contribution in [2.75, 3.05) is 0 Å². The van der Waals surface area contributed by atoms with Crippen molar-refractivity contribution in [2.45, 2.75) is 0 Å². The Labute approximate surface area is 274 Å². The first-order chi connectivity index (χ1) is 23.8. The second-order valence-corrected chi connectivity index (χ2v) is 11.8. The van der Waals surface area contributed by atoms with Gasteiger partial charge in [-0.1, -0.05) is 115 Å². The highest BCUT2D eigenvalue weighted by molar-refractivity contribution is 6.29. The molecule has 3 heterocycles. The quantitative estimate of drug-likeness (QED) is 0.183. The van der Waals surface area contributed by atoms with Gasteiger partial charge in [0.1, 0.15) is 5.58 Å². The van der Waals surface area contributed by atoms with Crippen LogP contribution in [-0.4, -0.2) is 19.9 Å². The van der Waals surface area contributed by atoms with E-state index in [1.807, 2.05) is 103 Å². The molecule has 0 saturated heterocycles. The Hall–Kier alpha value is -6.66. The highest BCUT2D eigenvalue weighted by Gasteiger charge is 2.20. The molecule has 3 aromatic heterocycles. The third-order valence-corrected chi connectivity index (χ3v) is 8.96. The van der Waals surface area contributed by atoms with Crippen molar-refractivity contribution in [3.05, 3.63) is 146 Å². The molecule has 6 heteroatoms. The maximum atomic E-state index is 6.56. The van der Waals surface area contributed by atoms with Crippen LogP contribution in [0.5, 0.6) is 0 Å². The summed E-state index contributed by atoms with van der Waals surface area (Å²) in [5, 5.41) is 6.40. The lowest BCUT2D eigenvalue weighted by molar-refractivity contribution is 0.620. The fourth-order valence-corrected chi connectivity index (χ4v) is 6.73. The summed E-state index contributed by atoms with van der Waals surface area (Å²) in [6.07, 6.45) is 0. The van der Waals surface area contributed by atoms with Gasteiger partial charge in [-0.15, -0.1) is 0 Å². The van der Waals surface area contributed by atoms with E-state index in [2.05, 4.69) is 42.5 Å². The number of hydrogen-bond donors (Lipinski definition) is 0. The highest BCUT2D eigenvalue weighted by atomic mass is 16.4. The molecule has 224 valence electrons. The summed E-state index contributed by atoms with van der Waals surface area (Å²) in [6.45, 7) is 0. The van der Waals surface area contributed by atoms with Gasteiger partial charge >= 0.3 is 0 Å². The molecule has 0 amide bonds. The maximum absolute atomic E-state index is 6.56. The molecule has 0 atom stereocenters. The minimum Gasteiger partial charge on any atom is -0.454 e. The fourth-order valence-electron chi connectivity index (χ4n) is 6.73. The molecule has 0 aliphatic heterocycles. The first-order valence-corrected chi connectivity index (χ1v) is 15.8. The first-order valence-electron chi connectivity index (χ1n) is 15.8. The Morgan fingerprint density at radius 2 is 0.979 bits per heavy atom. The second kappa shape index (κ2) is 10.4. The van der Waals surface area contributed by atoms with Crippen LogP contribution < -0.4 is 0 Å². The van der Waals surface area contributed by atoms with Gasteiger partial charge in [0.15, 0.2) is 34.2 Å². The Kier molecular flexibility index (Phi) is 5.77. The van der Waals surface area contributed by atoms with Crippen molar-refractivity contribution in [1.29, 1.82) is 0 Å². The maximum Gasteiger partial charge on any atom is 0.227 e. The van der Waals surface area contributed by atoms with Gasteiger partial charge in [0.2, 0.25) is 5.89 Å². The minimum atomic E-state index is 0.570. The molecule has 10 rings (SSSR count). The predicted octanol–water partition coefficient (Wildman–Crippen LogP) is 10.9. The van der Waals surface area contributed by atoms with Crippen molar-refractivity contribution < 1.29 is 8.83 Å². The lowest BCUT2D eigenvalue weighted by Crippen LogP contribution is -2.00. The molecule has 0 aliphatic rings. The van der Waals surface area contributed by atoms with E-state index in [-0.39, 0.29) is 0 Å². The molecule has 10 aromatic rings. The van der Waals surface area contributed by atoms with E-state index in [0.717, 1.165) is 60.2 Å². The van der Waals surface area contributed by atoms with Crippen LogP contribution >= 0.6 is 0 Å². The normalized spacial score (nSPS) is 11.8. The lowest BCUT2D eigenvalue weighted by atomic mass is 9.95. The van der Waals surface area contributed by atoms with Crippen LogP contribution in [0.1, 0.15) is 0 Å². The molecule has 0 aliphatic carbocycles. The third-order valence-electron chi connectivity index (χ3n) is 8.96. The zero-order valence-electron chi connectivity index (χ0n) is 25.5. The Bertz CT molecular complexity index is 2770. The van der Waals surface area contributed by atoms with Crippen LogP contribution in [0.15, 0.2) is 154 Å². The third kappa shape index (κ3) is 4.13. The van der Waals surface area contributed by atoms with E-state index in [4.69, 9.17) is 28.8 Å². The van der Waals surface area contributed by atoms with Gasteiger partial charge in [-0.3, -0.25) is 0 Å². The molecule has 6 nitrogen and oxygen atoms in total. The molecular weight excluding hydrogens is 592 g/mol. The summed E-state index contributed by atoms with van der Waals surface area (Å²) in [7, 11) is 0. The number of rotatable bonds is 4. The molecule has 0 bridgehead atoms. The number of hydrogen-bond acceptors (Lipinski definition) is 6. The summed E-state index contributed by atoms with van der Waals surface area (Å²) in [4.78, 5) is 19.8. The number of oxazole rings is 1. The number of fused-ring (bicyclic) bond motifs is 9. The van der Waals surface area contributed by atoms with Gasteiger partial charge < -0.3 is 8.83 Å². The van der Waals surface area contributed by atoms with Crippen LogP contribution in [-0.2, 0) is 0 Å². The summed E-state index contributed by atoms with van der Waals surface area (Å²) < 4.78 is 12.7. The van der Waals surface area contributed by atoms with E-state index in [9.17, 15) is 0 Å². The lowest BCUT2D eigenvalue weighted by Gasteiger charge is -2.12. The van der Waals surface area contributed by atoms with E-state index in [1.165, 1.54) is 0 Å². The van der Waals surface area contributed by atoms with Crippen LogP contribution in [0.3, 0.4) is 0 Å². The smallest absolute Gasteiger partial charge is 0.227 e. The van der Waals surface area contributed by atoms with Crippen LogP contribution in [0.25, 0.3) is 100 Å². The average molecular weight is 617 g/mol. The van der Waals surface area contributed by atoms with Gasteiger partial charge in [-0.2, -0.15) is 0 Å². The second-order valence-electron chi connectivity index (χ2n) is 11.8. The summed E-state index contributed by atoms with van der Waals surface area (Å²) in [5.41, 5.74) is 6.64. The number of furan rings is 1. The zero-order chi connectivity index (χ0) is 31.6. The Morgan fingerprint density at radius 1 is 0.375 bits per heavy atom. The van der Waals surface area contributed by atoms with E-state index >= 15 is 0 Å². The molecule has 0 N–H and O–H groups in total. The van der Waals surface area contributed by atoms with Crippen molar-refractivity contribution in [2.24, 2.45) is 0 Å². The molecule has 0 unspecified atom stereocenters. The van der Waals surface area contributed by atoms with Crippen LogP contribution in [0, 0.1) is 0 Å². The SMILES string of the molecule is c1ccc(-c2nc(-c3ccccc3)nc(-c3cccc4c3ccc3ccc5oc6c(ccc7oc(-c8ccccc8)nc76)c5c34)n2)cc1. The van der Waals surface area contributed by atoms with Gasteiger partial charge in [-0.25, -0.2) is 19.9 Å². The molecule has 0 fully saturated rings. The van der Waals surface area contributed by atoms with Crippen molar-refractivity contribution in [1.82, 2.24) is 19.9 Å². The monoisotopic (exact) mass is 616 g/mol. The molecule has 0 spiro atoms. The first kappa shape index (κ1) is 26.5. The largest absolute Gasteiger partial charge is 0.454 e. The van der Waals surface area contributed by atoms with Gasteiger partial charge in [0.25, 0.3) is 0 Å². The predicted molar refractivity (Wildman–Crippen MR) is 191 cm³/mol. The van der Waals surface area contributed by atoms with E-state index in [0.29, 0.717) is 40.0 Å². The zero-order valence-corrected chi connectivity index (χ0v) is 25.5.